The lowest BCUT2D eigenvalue weighted by Gasteiger charge is -2.52. The first-order chi connectivity index (χ1) is 6.54. The monoisotopic (exact) mass is 205 g/mol. The molecule has 0 aromatic rings. The number of rotatable bonds is 2. The predicted molar refractivity (Wildman–Crippen MR) is 45.0 cm³/mol. The fourth-order valence-corrected chi connectivity index (χ4v) is 2.31. The van der Waals surface area contributed by atoms with Crippen molar-refractivity contribution < 1.29 is 18.3 Å². The molecule has 2 saturated heterocycles. The van der Waals surface area contributed by atoms with Gasteiger partial charge in [-0.05, 0) is 18.8 Å². The van der Waals surface area contributed by atoms with Crippen molar-refractivity contribution in [1.29, 1.82) is 0 Å². The molecule has 14 heavy (non-hydrogen) atoms. The zero-order chi connectivity index (χ0) is 10.3. The lowest BCUT2D eigenvalue weighted by atomic mass is 9.72. The lowest BCUT2D eigenvalue weighted by molar-refractivity contribution is -0.177. The van der Waals surface area contributed by atoms with Crippen molar-refractivity contribution in [2.24, 2.45) is 5.92 Å². The second-order valence-corrected chi connectivity index (χ2v) is 4.06. The maximum Gasteiger partial charge on any atom is 0.305 e. The summed E-state index contributed by atoms with van der Waals surface area (Å²) in [5, 5.41) is 2.79. The van der Waals surface area contributed by atoms with Crippen LogP contribution in [0.4, 0.5) is 8.78 Å². The van der Waals surface area contributed by atoms with Crippen molar-refractivity contribution in [3.8, 4) is 0 Å². The number of nitrogens with one attached hydrogen (secondary N) is 1. The Morgan fingerprint density at radius 3 is 2.50 bits per heavy atom. The van der Waals surface area contributed by atoms with Crippen LogP contribution in [0.1, 0.15) is 19.3 Å². The third kappa shape index (κ3) is 1.39. The highest BCUT2D eigenvalue weighted by Crippen LogP contribution is 2.45. The molecule has 0 amide bonds. The van der Waals surface area contributed by atoms with Crippen LogP contribution in [0, 0.1) is 5.92 Å². The average Bonchev–Trinajstić information content (AvgIpc) is 2.17. The Balaban J connectivity index is 1.88. The number of fused-ring (bicyclic) bond motifs is 2. The average molecular weight is 205 g/mol. The summed E-state index contributed by atoms with van der Waals surface area (Å²) in [5.41, 5.74) is 0. The lowest BCUT2D eigenvalue weighted by Crippen LogP contribution is -2.74. The largest absolute Gasteiger partial charge is 0.469 e. The molecule has 1 saturated carbocycles. The summed E-state index contributed by atoms with van der Waals surface area (Å²) < 4.78 is 30.6. The molecule has 2 bridgehead atoms. The highest BCUT2D eigenvalue weighted by atomic mass is 19.3. The molecule has 80 valence electrons. The Labute approximate surface area is 80.8 Å². The molecule has 0 aromatic heterocycles. The minimum absolute atomic E-state index is 0.0540. The second kappa shape index (κ2) is 3.15. The van der Waals surface area contributed by atoms with Gasteiger partial charge in [0.1, 0.15) is 0 Å². The van der Waals surface area contributed by atoms with Crippen LogP contribution in [-0.2, 0) is 9.53 Å². The van der Waals surface area contributed by atoms with Crippen molar-refractivity contribution in [2.45, 2.75) is 37.3 Å². The number of piperidine rings is 1. The quantitative estimate of drug-likeness (QED) is 0.682. The minimum Gasteiger partial charge on any atom is -0.469 e. The highest BCUT2D eigenvalue weighted by Gasteiger charge is 2.61. The third-order valence-corrected chi connectivity index (χ3v) is 3.15. The van der Waals surface area contributed by atoms with Crippen molar-refractivity contribution in [3.63, 3.8) is 0 Å². The number of methoxy groups -OCH3 is 1. The maximum absolute atomic E-state index is 13.1. The molecule has 3 fully saturated rings. The van der Waals surface area contributed by atoms with E-state index < -0.39 is 18.0 Å². The van der Waals surface area contributed by atoms with Crippen molar-refractivity contribution >= 4 is 5.97 Å². The van der Waals surface area contributed by atoms with Crippen molar-refractivity contribution in [2.75, 3.05) is 7.11 Å². The minimum atomic E-state index is -2.56. The fourth-order valence-electron chi connectivity index (χ4n) is 2.31. The molecule has 3 nitrogen and oxygen atoms in total. The van der Waals surface area contributed by atoms with Gasteiger partial charge in [-0.25, -0.2) is 8.78 Å². The van der Waals surface area contributed by atoms with Crippen LogP contribution in [0.5, 0.6) is 0 Å². The topological polar surface area (TPSA) is 38.3 Å². The normalized spacial score (nSPS) is 38.6. The molecular formula is C9H13F2NO2. The van der Waals surface area contributed by atoms with Gasteiger partial charge < -0.3 is 10.1 Å². The molecular weight excluding hydrogens is 192 g/mol. The van der Waals surface area contributed by atoms with Gasteiger partial charge in [0.15, 0.2) is 0 Å². The Morgan fingerprint density at radius 2 is 2.07 bits per heavy atom. The van der Waals surface area contributed by atoms with Gasteiger partial charge in [-0.15, -0.1) is 0 Å². The van der Waals surface area contributed by atoms with Crippen LogP contribution in [0.15, 0.2) is 0 Å². The van der Waals surface area contributed by atoms with E-state index in [0.717, 1.165) is 0 Å². The molecule has 0 radical (unpaired) electrons. The molecule has 2 atom stereocenters. The summed E-state index contributed by atoms with van der Waals surface area (Å²) in [6, 6.07) is -1.45. The van der Waals surface area contributed by atoms with Crippen LogP contribution in [0.2, 0.25) is 0 Å². The first-order valence-corrected chi connectivity index (χ1v) is 4.74. The van der Waals surface area contributed by atoms with Gasteiger partial charge in [-0.3, -0.25) is 4.79 Å². The van der Waals surface area contributed by atoms with Crippen LogP contribution in [0.3, 0.4) is 0 Å². The number of alkyl halides is 2. The number of halogens is 2. The van der Waals surface area contributed by atoms with Crippen LogP contribution in [0.25, 0.3) is 0 Å². The van der Waals surface area contributed by atoms with Gasteiger partial charge in [0.25, 0.3) is 5.92 Å². The van der Waals surface area contributed by atoms with E-state index in [4.69, 9.17) is 0 Å². The highest BCUT2D eigenvalue weighted by molar-refractivity contribution is 5.69. The SMILES string of the molecule is COC(=O)CC1CC2NC(C1)C2(F)F. The fraction of sp³-hybridized carbons (Fsp3) is 0.889. The van der Waals surface area contributed by atoms with E-state index in [0.29, 0.717) is 12.8 Å². The number of carbonyl (C=O) groups excluding carboxylic acids is 1. The van der Waals surface area contributed by atoms with E-state index in [1.165, 1.54) is 7.11 Å². The molecule has 3 rings (SSSR count). The Kier molecular flexibility index (Phi) is 2.21. The standard InChI is InChI=1S/C9H13F2NO2/c1-14-8(13)4-5-2-6-9(10,11)7(3-5)12-6/h5-7,12H,2-4H2,1H3. The van der Waals surface area contributed by atoms with Gasteiger partial charge in [-0.2, -0.15) is 0 Å². The molecule has 2 heterocycles. The molecule has 1 N–H and O–H groups in total. The van der Waals surface area contributed by atoms with E-state index >= 15 is 0 Å². The molecule has 0 aromatic carbocycles. The maximum atomic E-state index is 13.1. The number of hydrogen-bond donors (Lipinski definition) is 1. The summed E-state index contributed by atoms with van der Waals surface area (Å²) in [7, 11) is 1.32. The van der Waals surface area contributed by atoms with Crippen molar-refractivity contribution in [3.05, 3.63) is 0 Å². The first kappa shape index (κ1) is 9.83. The van der Waals surface area contributed by atoms with Gasteiger partial charge in [0, 0.05) is 6.42 Å². The molecule has 1 aliphatic carbocycles. The zero-order valence-electron chi connectivity index (χ0n) is 7.93. The van der Waals surface area contributed by atoms with E-state index in [1.54, 1.807) is 0 Å². The van der Waals surface area contributed by atoms with Gasteiger partial charge in [0.05, 0.1) is 19.2 Å². The molecule has 3 aliphatic rings. The summed E-state index contributed by atoms with van der Waals surface area (Å²) in [5.74, 6) is -2.81. The first-order valence-electron chi connectivity index (χ1n) is 4.74. The molecule has 2 aliphatic heterocycles. The molecule has 0 spiro atoms. The van der Waals surface area contributed by atoms with Gasteiger partial charge in [-0.1, -0.05) is 0 Å². The Morgan fingerprint density at radius 1 is 1.50 bits per heavy atom. The van der Waals surface area contributed by atoms with E-state index in [9.17, 15) is 13.6 Å². The third-order valence-electron chi connectivity index (χ3n) is 3.15. The zero-order valence-corrected chi connectivity index (χ0v) is 7.93. The summed E-state index contributed by atoms with van der Waals surface area (Å²) in [6.45, 7) is 0. The summed E-state index contributed by atoms with van der Waals surface area (Å²) in [6.07, 6.45) is 1.01. The molecule has 5 heteroatoms. The number of hydrogen-bond acceptors (Lipinski definition) is 3. The smallest absolute Gasteiger partial charge is 0.305 e. The predicted octanol–water partition coefficient (Wildman–Crippen LogP) is 0.935. The summed E-state index contributed by atoms with van der Waals surface area (Å²) in [4.78, 5) is 10.9. The van der Waals surface area contributed by atoms with E-state index in [-0.39, 0.29) is 18.3 Å². The van der Waals surface area contributed by atoms with Crippen LogP contribution >= 0.6 is 0 Å². The number of esters is 1. The Hall–Kier alpha value is -0.710. The van der Waals surface area contributed by atoms with Gasteiger partial charge >= 0.3 is 5.97 Å². The van der Waals surface area contributed by atoms with Gasteiger partial charge in [0.2, 0.25) is 0 Å². The van der Waals surface area contributed by atoms with Crippen LogP contribution in [-0.4, -0.2) is 31.1 Å². The van der Waals surface area contributed by atoms with Crippen molar-refractivity contribution in [1.82, 2.24) is 5.32 Å². The number of ether oxygens (including phenoxy) is 1. The second-order valence-electron chi connectivity index (χ2n) is 4.06. The van der Waals surface area contributed by atoms with E-state index in [2.05, 4.69) is 10.1 Å². The van der Waals surface area contributed by atoms with Crippen LogP contribution < -0.4 is 5.32 Å². The number of carbonyl (C=O) groups is 1. The Bertz CT molecular complexity index is 243. The van der Waals surface area contributed by atoms with E-state index in [1.807, 2.05) is 0 Å². The summed E-state index contributed by atoms with van der Waals surface area (Å²) >= 11 is 0. The molecule has 2 unspecified atom stereocenters.